The Labute approximate surface area is 128 Å². The van der Waals surface area contributed by atoms with Gasteiger partial charge in [0.15, 0.2) is 5.03 Å². The van der Waals surface area contributed by atoms with Crippen LogP contribution in [0.3, 0.4) is 0 Å². The quantitative estimate of drug-likeness (QED) is 0.801. The van der Waals surface area contributed by atoms with E-state index in [0.717, 1.165) is 12.1 Å². The maximum Gasteiger partial charge on any atom is 0.279 e. The fraction of sp³-hybridized carbons (Fsp3) is 0.0833. The van der Waals surface area contributed by atoms with Gasteiger partial charge in [-0.3, -0.25) is 4.72 Å². The molecule has 2 aromatic rings. The molecule has 1 aromatic carbocycles. The molecule has 0 aliphatic rings. The zero-order valence-corrected chi connectivity index (χ0v) is 12.9. The van der Waals surface area contributed by atoms with E-state index in [0.29, 0.717) is 5.56 Å². The van der Waals surface area contributed by atoms with Crippen molar-refractivity contribution in [3.8, 4) is 0 Å². The minimum atomic E-state index is -4.11. The largest absolute Gasteiger partial charge is 0.326 e. The highest BCUT2D eigenvalue weighted by Gasteiger charge is 2.19. The summed E-state index contributed by atoms with van der Waals surface area (Å²) in [5, 5.41) is -0.317. The molecule has 2 rings (SSSR count). The normalized spacial score (nSPS) is 11.4. The third-order valence-corrected chi connectivity index (χ3v) is 4.45. The number of benzene rings is 1. The molecule has 9 heteroatoms. The molecule has 112 valence electrons. The van der Waals surface area contributed by atoms with Crippen LogP contribution >= 0.6 is 15.9 Å². The van der Waals surface area contributed by atoms with Gasteiger partial charge in [0.2, 0.25) is 0 Å². The Bertz CT molecular complexity index is 767. The lowest BCUT2D eigenvalue weighted by atomic mass is 10.3. The lowest BCUT2D eigenvalue weighted by Crippen LogP contribution is -2.16. The van der Waals surface area contributed by atoms with E-state index in [4.69, 9.17) is 5.73 Å². The van der Waals surface area contributed by atoms with Gasteiger partial charge in [-0.1, -0.05) is 6.07 Å². The summed E-state index contributed by atoms with van der Waals surface area (Å²) < 4.78 is 52.9. The lowest BCUT2D eigenvalue weighted by Gasteiger charge is -2.09. The molecule has 1 heterocycles. The summed E-state index contributed by atoms with van der Waals surface area (Å²) in [5.74, 6) is -1.70. The van der Waals surface area contributed by atoms with E-state index in [1.807, 2.05) is 4.72 Å². The van der Waals surface area contributed by atoms with Crippen molar-refractivity contribution in [3.63, 3.8) is 0 Å². The number of nitrogens with two attached hydrogens (primary N) is 1. The average Bonchev–Trinajstić information content (AvgIpc) is 2.44. The number of rotatable bonds is 4. The number of anilines is 1. The Hall–Kier alpha value is -1.58. The van der Waals surface area contributed by atoms with Gasteiger partial charge in [-0.15, -0.1) is 0 Å². The van der Waals surface area contributed by atoms with Crippen molar-refractivity contribution >= 4 is 31.6 Å². The number of nitrogens with one attached hydrogen (secondary N) is 1. The zero-order valence-electron chi connectivity index (χ0n) is 10.5. The third kappa shape index (κ3) is 3.55. The zero-order chi connectivity index (χ0) is 15.6. The van der Waals surface area contributed by atoms with E-state index in [9.17, 15) is 17.2 Å². The van der Waals surface area contributed by atoms with Crippen LogP contribution in [0.5, 0.6) is 0 Å². The van der Waals surface area contributed by atoms with Gasteiger partial charge in [-0.25, -0.2) is 13.8 Å². The molecule has 0 unspecified atom stereocenters. The summed E-state index contributed by atoms with van der Waals surface area (Å²) in [6.07, 6.45) is 1.30. The minimum Gasteiger partial charge on any atom is -0.326 e. The van der Waals surface area contributed by atoms with Crippen LogP contribution in [0.15, 0.2) is 40.0 Å². The summed E-state index contributed by atoms with van der Waals surface area (Å²) in [6, 6.07) is 4.29. The molecular formula is C12H10BrF2N3O2S. The number of pyridine rings is 1. The third-order valence-electron chi connectivity index (χ3n) is 2.56. The van der Waals surface area contributed by atoms with Crippen molar-refractivity contribution in [2.45, 2.75) is 11.6 Å². The molecule has 5 nitrogen and oxygen atoms in total. The number of hydrogen-bond acceptors (Lipinski definition) is 4. The van der Waals surface area contributed by atoms with Crippen LogP contribution in [0.1, 0.15) is 5.56 Å². The van der Waals surface area contributed by atoms with Gasteiger partial charge in [0, 0.05) is 18.8 Å². The molecule has 0 spiro atoms. The van der Waals surface area contributed by atoms with Crippen LogP contribution in [0.4, 0.5) is 14.5 Å². The molecule has 0 saturated heterocycles. The number of hydrogen-bond donors (Lipinski definition) is 2. The van der Waals surface area contributed by atoms with Gasteiger partial charge >= 0.3 is 0 Å². The number of halogens is 3. The monoisotopic (exact) mass is 377 g/mol. The lowest BCUT2D eigenvalue weighted by molar-refractivity contribution is 0.590. The van der Waals surface area contributed by atoms with E-state index < -0.39 is 27.3 Å². The van der Waals surface area contributed by atoms with Gasteiger partial charge in [0.1, 0.15) is 11.6 Å². The first-order chi connectivity index (χ1) is 9.83. The highest BCUT2D eigenvalue weighted by Crippen LogP contribution is 2.25. The van der Waals surface area contributed by atoms with Crippen molar-refractivity contribution in [2.75, 3.05) is 4.72 Å². The standard InChI is InChI=1S/C12H10BrF2N3O2S/c13-8-3-10(15)11(4-9(8)14)18-21(19,20)12-2-1-7(5-16)6-17-12/h1-4,6,18H,5,16H2. The number of sulfonamides is 1. The predicted molar refractivity (Wildman–Crippen MR) is 77.0 cm³/mol. The predicted octanol–water partition coefficient (Wildman–Crippen LogP) is 2.38. The minimum absolute atomic E-state index is 0.103. The summed E-state index contributed by atoms with van der Waals surface area (Å²) in [7, 11) is -4.11. The first-order valence-electron chi connectivity index (χ1n) is 5.66. The summed E-state index contributed by atoms with van der Waals surface area (Å²) in [6.45, 7) is 0.216. The van der Waals surface area contributed by atoms with Crippen LogP contribution in [-0.2, 0) is 16.6 Å². The van der Waals surface area contributed by atoms with E-state index in [1.54, 1.807) is 0 Å². The highest BCUT2D eigenvalue weighted by atomic mass is 79.9. The van der Waals surface area contributed by atoms with Crippen molar-refractivity contribution in [2.24, 2.45) is 5.73 Å². The van der Waals surface area contributed by atoms with E-state index in [2.05, 4.69) is 20.9 Å². The molecule has 0 fully saturated rings. The van der Waals surface area contributed by atoms with E-state index in [-0.39, 0.29) is 16.0 Å². The van der Waals surface area contributed by atoms with Crippen LogP contribution in [0.2, 0.25) is 0 Å². The molecule has 0 amide bonds. The Kier molecular flexibility index (Phi) is 4.55. The Balaban J connectivity index is 2.34. The van der Waals surface area contributed by atoms with Gasteiger partial charge in [-0.2, -0.15) is 8.42 Å². The molecule has 21 heavy (non-hydrogen) atoms. The van der Waals surface area contributed by atoms with Crippen molar-refractivity contribution in [1.29, 1.82) is 0 Å². The summed E-state index contributed by atoms with van der Waals surface area (Å²) >= 11 is 2.80. The first-order valence-corrected chi connectivity index (χ1v) is 7.93. The summed E-state index contributed by atoms with van der Waals surface area (Å²) in [5.41, 5.74) is 5.53. The van der Waals surface area contributed by atoms with Gasteiger partial charge in [0.25, 0.3) is 10.0 Å². The van der Waals surface area contributed by atoms with Crippen LogP contribution in [0, 0.1) is 11.6 Å². The topological polar surface area (TPSA) is 85.1 Å². The van der Waals surface area contributed by atoms with Crippen LogP contribution in [0.25, 0.3) is 0 Å². The van der Waals surface area contributed by atoms with Crippen LogP contribution < -0.4 is 10.5 Å². The maximum absolute atomic E-state index is 13.6. The number of aromatic nitrogens is 1. The van der Waals surface area contributed by atoms with Gasteiger partial charge in [0.05, 0.1) is 10.2 Å². The molecule has 0 aliphatic carbocycles. The second-order valence-corrected chi connectivity index (χ2v) is 6.54. The number of nitrogens with zero attached hydrogens (tertiary/aromatic N) is 1. The second-order valence-electron chi connectivity index (χ2n) is 4.06. The Morgan fingerprint density at radius 1 is 1.24 bits per heavy atom. The summed E-state index contributed by atoms with van der Waals surface area (Å²) in [4.78, 5) is 3.73. The van der Waals surface area contributed by atoms with Crippen molar-refractivity contribution < 1.29 is 17.2 Å². The molecule has 0 saturated carbocycles. The average molecular weight is 378 g/mol. The molecule has 3 N–H and O–H groups in total. The molecule has 0 bridgehead atoms. The van der Waals surface area contributed by atoms with Crippen molar-refractivity contribution in [3.05, 3.63) is 52.1 Å². The molecule has 1 aromatic heterocycles. The Morgan fingerprint density at radius 2 is 1.95 bits per heavy atom. The molecule has 0 atom stereocenters. The smallest absolute Gasteiger partial charge is 0.279 e. The second kappa shape index (κ2) is 6.04. The SMILES string of the molecule is NCc1ccc(S(=O)(=O)Nc2cc(F)c(Br)cc2F)nc1. The Morgan fingerprint density at radius 3 is 2.52 bits per heavy atom. The fourth-order valence-corrected chi connectivity index (χ4v) is 2.79. The maximum atomic E-state index is 13.6. The molecular weight excluding hydrogens is 368 g/mol. The van der Waals surface area contributed by atoms with E-state index in [1.165, 1.54) is 18.3 Å². The van der Waals surface area contributed by atoms with E-state index >= 15 is 0 Å². The van der Waals surface area contributed by atoms with Gasteiger partial charge < -0.3 is 5.73 Å². The highest BCUT2D eigenvalue weighted by molar-refractivity contribution is 9.10. The first kappa shape index (κ1) is 15.8. The molecule has 0 aliphatic heterocycles. The van der Waals surface area contributed by atoms with Gasteiger partial charge in [-0.05, 0) is 33.6 Å². The van der Waals surface area contributed by atoms with Crippen molar-refractivity contribution in [1.82, 2.24) is 4.98 Å². The fourth-order valence-electron chi connectivity index (χ4n) is 1.49. The molecule has 0 radical (unpaired) electrons. The van der Waals surface area contributed by atoms with Crippen LogP contribution in [-0.4, -0.2) is 13.4 Å².